The molecule has 0 aliphatic rings. The molecule has 0 saturated carbocycles. The minimum absolute atomic E-state index is 0.197. The number of rotatable bonds is 5. The third-order valence-corrected chi connectivity index (χ3v) is 4.26. The number of alkyl halides is 3. The average molecular weight is 439 g/mol. The molecule has 156 valence electrons. The van der Waals surface area contributed by atoms with E-state index in [1.165, 1.54) is 29.3 Å². The highest BCUT2D eigenvalue weighted by Crippen LogP contribution is 2.32. The van der Waals surface area contributed by atoms with Gasteiger partial charge >= 0.3 is 6.18 Å². The molecular weight excluding hydrogens is 425 g/mol. The zero-order valence-electron chi connectivity index (χ0n) is 15.3. The van der Waals surface area contributed by atoms with E-state index in [9.17, 15) is 22.8 Å². The largest absolute Gasteiger partial charge is 0.416 e. The van der Waals surface area contributed by atoms with Gasteiger partial charge in [0.2, 0.25) is 5.91 Å². The molecule has 1 unspecified atom stereocenters. The van der Waals surface area contributed by atoms with Crippen LogP contribution in [0.5, 0.6) is 0 Å². The summed E-state index contributed by atoms with van der Waals surface area (Å²) in [6, 6.07) is 4.77. The van der Waals surface area contributed by atoms with Gasteiger partial charge in [-0.05, 0) is 37.3 Å². The second kappa shape index (κ2) is 8.11. The molecule has 8 nitrogen and oxygen atoms in total. The van der Waals surface area contributed by atoms with E-state index in [0.717, 1.165) is 12.1 Å². The first-order valence-corrected chi connectivity index (χ1v) is 8.79. The Morgan fingerprint density at radius 2 is 1.90 bits per heavy atom. The minimum Gasteiger partial charge on any atom is -0.366 e. The number of aromatic nitrogens is 4. The van der Waals surface area contributed by atoms with Crippen molar-refractivity contribution >= 4 is 23.4 Å². The molecule has 3 N–H and O–H groups in total. The number of carbonyl (C=O) groups is 2. The maximum atomic E-state index is 13.0. The number of nitrogens with two attached hydrogens (primary N) is 1. The number of amides is 2. The van der Waals surface area contributed by atoms with Crippen molar-refractivity contribution in [1.82, 2.24) is 25.1 Å². The Morgan fingerprint density at radius 3 is 2.50 bits per heavy atom. The van der Waals surface area contributed by atoms with Crippen molar-refractivity contribution in [2.24, 2.45) is 5.73 Å². The Labute approximate surface area is 172 Å². The molecule has 1 atom stereocenters. The summed E-state index contributed by atoms with van der Waals surface area (Å²) in [5, 5.41) is 6.36. The summed E-state index contributed by atoms with van der Waals surface area (Å²) in [5.41, 5.74) is 4.09. The average Bonchev–Trinajstić information content (AvgIpc) is 3.16. The topological polar surface area (TPSA) is 116 Å². The van der Waals surface area contributed by atoms with E-state index in [-0.39, 0.29) is 22.0 Å². The first kappa shape index (κ1) is 21.2. The molecule has 0 radical (unpaired) electrons. The lowest BCUT2D eigenvalue weighted by Crippen LogP contribution is -2.29. The summed E-state index contributed by atoms with van der Waals surface area (Å²) in [7, 11) is 0. The first-order valence-electron chi connectivity index (χ1n) is 8.41. The fraction of sp³-hybridized carbons (Fsp3) is 0.167. The van der Waals surface area contributed by atoms with Gasteiger partial charge in [0, 0.05) is 16.8 Å². The van der Waals surface area contributed by atoms with Crippen molar-refractivity contribution in [1.29, 1.82) is 0 Å². The molecule has 3 rings (SSSR count). The van der Waals surface area contributed by atoms with Crippen LogP contribution in [0.4, 0.5) is 13.2 Å². The molecule has 0 aliphatic heterocycles. The van der Waals surface area contributed by atoms with Crippen molar-refractivity contribution in [3.63, 3.8) is 0 Å². The van der Waals surface area contributed by atoms with Gasteiger partial charge in [0.25, 0.3) is 5.91 Å². The van der Waals surface area contributed by atoms with Crippen LogP contribution in [-0.2, 0) is 6.18 Å². The van der Waals surface area contributed by atoms with Crippen molar-refractivity contribution in [2.45, 2.75) is 19.1 Å². The number of halogens is 4. The number of hydrogen-bond acceptors (Lipinski definition) is 5. The molecule has 2 aromatic heterocycles. The maximum absolute atomic E-state index is 13.0. The van der Waals surface area contributed by atoms with Crippen LogP contribution in [0.2, 0.25) is 5.02 Å². The van der Waals surface area contributed by atoms with Crippen LogP contribution in [-0.4, -0.2) is 31.6 Å². The first-order chi connectivity index (χ1) is 14.1. The summed E-state index contributed by atoms with van der Waals surface area (Å²) in [4.78, 5) is 31.8. The summed E-state index contributed by atoms with van der Waals surface area (Å²) in [6.45, 7) is 1.57. The Bertz CT molecular complexity index is 1100. The lowest BCUT2D eigenvalue weighted by molar-refractivity contribution is -0.137. The molecule has 2 heterocycles. The second-order valence-corrected chi connectivity index (χ2v) is 6.66. The van der Waals surface area contributed by atoms with E-state index in [1.54, 1.807) is 6.92 Å². The van der Waals surface area contributed by atoms with Crippen LogP contribution >= 0.6 is 11.6 Å². The highest BCUT2D eigenvalue weighted by Gasteiger charge is 2.32. The lowest BCUT2D eigenvalue weighted by atomic mass is 10.1. The Hall–Kier alpha value is -3.47. The van der Waals surface area contributed by atoms with E-state index < -0.39 is 29.6 Å². The number of primary amides is 1. The van der Waals surface area contributed by atoms with Crippen LogP contribution in [0, 0.1) is 0 Å². The van der Waals surface area contributed by atoms with Gasteiger partial charge < -0.3 is 11.1 Å². The molecular formula is C18H14ClF3N6O2. The molecule has 0 bridgehead atoms. The predicted molar refractivity (Wildman–Crippen MR) is 100 cm³/mol. The number of nitrogens with one attached hydrogen (secondary N) is 1. The number of carbonyl (C=O) groups excluding carboxylic acids is 2. The molecule has 1 aromatic carbocycles. The van der Waals surface area contributed by atoms with Gasteiger partial charge in [0.1, 0.15) is 6.33 Å². The molecule has 0 saturated heterocycles. The molecule has 0 spiro atoms. The smallest absolute Gasteiger partial charge is 0.366 e. The highest BCUT2D eigenvalue weighted by molar-refractivity contribution is 6.31. The Morgan fingerprint density at radius 1 is 1.17 bits per heavy atom. The van der Waals surface area contributed by atoms with Gasteiger partial charge in [-0.2, -0.15) is 23.0 Å². The van der Waals surface area contributed by atoms with E-state index in [2.05, 4.69) is 20.4 Å². The Balaban J connectivity index is 1.83. The maximum Gasteiger partial charge on any atom is 0.416 e. The summed E-state index contributed by atoms with van der Waals surface area (Å²) in [5.74, 6) is -0.855. The van der Waals surface area contributed by atoms with Gasteiger partial charge in [0.05, 0.1) is 17.2 Å². The SMILES string of the molecule is CC(NC(=O)c1cc(Cl)cc(C(F)(F)F)c1)c1ncnn1-c1ccc(C(N)=O)cn1. The quantitative estimate of drug-likeness (QED) is 0.635. The standard InChI is InChI=1S/C18H14ClF3N6O2/c1-9(27-17(30)11-4-12(18(20,21)22)6-13(19)5-11)16-25-8-26-28(16)14-3-2-10(7-24-14)15(23)29/h2-9H,1H3,(H2,23,29)(H,27,30). The van der Waals surface area contributed by atoms with Gasteiger partial charge in [0.15, 0.2) is 11.6 Å². The lowest BCUT2D eigenvalue weighted by Gasteiger charge is -2.15. The highest BCUT2D eigenvalue weighted by atomic mass is 35.5. The molecule has 0 aliphatic carbocycles. The third kappa shape index (κ3) is 4.57. The van der Waals surface area contributed by atoms with Crippen LogP contribution in [0.25, 0.3) is 5.82 Å². The predicted octanol–water partition coefficient (Wildman–Crippen LogP) is 2.92. The summed E-state index contributed by atoms with van der Waals surface area (Å²) < 4.78 is 40.2. The molecule has 30 heavy (non-hydrogen) atoms. The van der Waals surface area contributed by atoms with Crippen molar-refractivity contribution in [2.75, 3.05) is 0 Å². The van der Waals surface area contributed by atoms with Gasteiger partial charge in [-0.25, -0.2) is 9.97 Å². The molecule has 2 amide bonds. The molecule has 3 aromatic rings. The second-order valence-electron chi connectivity index (χ2n) is 6.22. The monoisotopic (exact) mass is 438 g/mol. The van der Waals surface area contributed by atoms with Crippen molar-refractivity contribution in [3.05, 3.63) is 70.4 Å². The number of benzene rings is 1. The van der Waals surface area contributed by atoms with Crippen molar-refractivity contribution in [3.8, 4) is 5.82 Å². The summed E-state index contributed by atoms with van der Waals surface area (Å²) in [6.07, 6.45) is -2.16. The zero-order valence-corrected chi connectivity index (χ0v) is 16.1. The van der Waals surface area contributed by atoms with Crippen LogP contribution < -0.4 is 11.1 Å². The molecule has 0 fully saturated rings. The fourth-order valence-corrected chi connectivity index (χ4v) is 2.84. The third-order valence-electron chi connectivity index (χ3n) is 4.05. The van der Waals surface area contributed by atoms with Crippen LogP contribution in [0.1, 0.15) is 45.1 Å². The number of hydrogen-bond donors (Lipinski definition) is 2. The normalized spacial score (nSPS) is 12.4. The van der Waals surface area contributed by atoms with Crippen LogP contribution in [0.15, 0.2) is 42.9 Å². The van der Waals surface area contributed by atoms with E-state index in [0.29, 0.717) is 11.9 Å². The Kier molecular flexibility index (Phi) is 5.74. The van der Waals surface area contributed by atoms with Gasteiger partial charge in [-0.1, -0.05) is 11.6 Å². The number of pyridine rings is 1. The number of nitrogens with zero attached hydrogens (tertiary/aromatic N) is 4. The van der Waals surface area contributed by atoms with Crippen LogP contribution in [0.3, 0.4) is 0 Å². The van der Waals surface area contributed by atoms with E-state index >= 15 is 0 Å². The fourth-order valence-electron chi connectivity index (χ4n) is 2.61. The van der Waals surface area contributed by atoms with E-state index in [4.69, 9.17) is 17.3 Å². The van der Waals surface area contributed by atoms with E-state index in [1.807, 2.05) is 0 Å². The zero-order chi connectivity index (χ0) is 22.1. The van der Waals surface area contributed by atoms with Gasteiger partial charge in [-0.3, -0.25) is 9.59 Å². The molecule has 12 heteroatoms. The van der Waals surface area contributed by atoms with Gasteiger partial charge in [-0.15, -0.1) is 0 Å². The van der Waals surface area contributed by atoms with Crippen molar-refractivity contribution < 1.29 is 22.8 Å². The minimum atomic E-state index is -4.64. The summed E-state index contributed by atoms with van der Waals surface area (Å²) >= 11 is 5.73.